The van der Waals surface area contributed by atoms with Gasteiger partial charge in [-0.1, -0.05) is 5.16 Å². The summed E-state index contributed by atoms with van der Waals surface area (Å²) in [6.07, 6.45) is 3.14. The molecule has 1 aromatic heterocycles. The maximum atomic E-state index is 10.8. The molecule has 1 heterocycles. The number of anilines is 1. The Hall–Kier alpha value is -2.03. The number of aromatic nitrogens is 1. The summed E-state index contributed by atoms with van der Waals surface area (Å²) in [7, 11) is 1.81. The van der Waals surface area contributed by atoms with E-state index in [0.717, 1.165) is 11.9 Å². The van der Waals surface area contributed by atoms with Gasteiger partial charge in [0.05, 0.1) is 10.5 Å². The maximum absolute atomic E-state index is 10.8. The topological polar surface area (TPSA) is 118 Å². The number of hydrogen-bond acceptors (Lipinski definition) is 7. The van der Waals surface area contributed by atoms with E-state index in [0.29, 0.717) is 5.82 Å². The van der Waals surface area contributed by atoms with Crippen LogP contribution in [0.3, 0.4) is 0 Å². The Morgan fingerprint density at radius 3 is 2.90 bits per heavy atom. The van der Waals surface area contributed by atoms with E-state index in [-0.39, 0.29) is 23.1 Å². The molecule has 0 aliphatic rings. The molecule has 1 aromatic rings. The second-order valence-electron chi connectivity index (χ2n) is 4.22. The molecule has 0 radical (unpaired) electrons. The summed E-state index contributed by atoms with van der Waals surface area (Å²) in [4.78, 5) is 16.1. The predicted octanol–water partition coefficient (Wildman–Crippen LogP) is 1.27. The summed E-state index contributed by atoms with van der Waals surface area (Å²) in [5.74, 6) is 1.08. The first-order chi connectivity index (χ1) is 9.42. The molecule has 0 spiro atoms. The average molecular weight is 299 g/mol. The fraction of sp³-hybridized carbons (Fsp3) is 0.455. The van der Waals surface area contributed by atoms with Gasteiger partial charge < -0.3 is 15.8 Å². The van der Waals surface area contributed by atoms with E-state index in [4.69, 9.17) is 10.9 Å². The van der Waals surface area contributed by atoms with Gasteiger partial charge in [-0.25, -0.2) is 4.98 Å². The van der Waals surface area contributed by atoms with Crippen LogP contribution in [0.25, 0.3) is 0 Å². The largest absolute Gasteiger partial charge is 0.409 e. The Kier molecular flexibility index (Phi) is 5.56. The van der Waals surface area contributed by atoms with E-state index in [9.17, 15) is 10.1 Å². The fourth-order valence-electron chi connectivity index (χ4n) is 1.63. The van der Waals surface area contributed by atoms with Crippen molar-refractivity contribution >= 4 is 29.1 Å². The second kappa shape index (κ2) is 6.94. The highest BCUT2D eigenvalue weighted by molar-refractivity contribution is 7.98. The molecule has 0 aliphatic carbocycles. The third-order valence-corrected chi connectivity index (χ3v) is 3.67. The van der Waals surface area contributed by atoms with Gasteiger partial charge in [0.15, 0.2) is 5.84 Å². The third kappa shape index (κ3) is 3.50. The standard InChI is InChI=1S/C11H17N5O3S/c1-7(6-20-3)15(2)11-9(10(12)14-17)4-8(5-13-11)16(18)19/h4-5,7,17H,6H2,1-3H3,(H2,12,14). The minimum absolute atomic E-state index is 0.143. The number of amidine groups is 1. The molecule has 3 N–H and O–H groups in total. The molecule has 9 heteroatoms. The van der Waals surface area contributed by atoms with Gasteiger partial charge in [0.25, 0.3) is 5.69 Å². The third-order valence-electron chi connectivity index (χ3n) is 2.85. The van der Waals surface area contributed by atoms with Gasteiger partial charge >= 0.3 is 0 Å². The molecule has 1 rings (SSSR count). The van der Waals surface area contributed by atoms with Crippen molar-refractivity contribution < 1.29 is 10.1 Å². The zero-order valence-electron chi connectivity index (χ0n) is 11.5. The molecule has 0 amide bonds. The van der Waals surface area contributed by atoms with E-state index in [2.05, 4.69) is 10.1 Å². The Morgan fingerprint density at radius 1 is 1.75 bits per heavy atom. The lowest BCUT2D eigenvalue weighted by atomic mass is 10.2. The lowest BCUT2D eigenvalue weighted by Gasteiger charge is -2.26. The summed E-state index contributed by atoms with van der Waals surface area (Å²) < 4.78 is 0. The highest BCUT2D eigenvalue weighted by Gasteiger charge is 2.20. The van der Waals surface area contributed by atoms with Gasteiger partial charge in [0.2, 0.25) is 0 Å². The van der Waals surface area contributed by atoms with Gasteiger partial charge in [-0.15, -0.1) is 0 Å². The average Bonchev–Trinajstić information content (AvgIpc) is 2.45. The molecule has 0 saturated heterocycles. The minimum Gasteiger partial charge on any atom is -0.409 e. The summed E-state index contributed by atoms with van der Waals surface area (Å²) in [5.41, 5.74) is 5.61. The van der Waals surface area contributed by atoms with Gasteiger partial charge in [-0.05, 0) is 13.2 Å². The lowest BCUT2D eigenvalue weighted by Crippen LogP contribution is -2.33. The van der Waals surface area contributed by atoms with Gasteiger partial charge in [0, 0.05) is 24.9 Å². The van der Waals surface area contributed by atoms with Crippen LogP contribution in [-0.2, 0) is 0 Å². The van der Waals surface area contributed by atoms with Crippen molar-refractivity contribution in [3.63, 3.8) is 0 Å². The van der Waals surface area contributed by atoms with Crippen LogP contribution in [0.2, 0.25) is 0 Å². The second-order valence-corrected chi connectivity index (χ2v) is 5.13. The summed E-state index contributed by atoms with van der Waals surface area (Å²) in [5, 5.41) is 22.5. The lowest BCUT2D eigenvalue weighted by molar-refractivity contribution is -0.385. The molecule has 110 valence electrons. The van der Waals surface area contributed by atoms with E-state index in [1.54, 1.807) is 11.8 Å². The molecule has 0 saturated carbocycles. The van der Waals surface area contributed by atoms with Crippen molar-refractivity contribution in [2.75, 3.05) is 24.0 Å². The number of rotatable bonds is 6. The fourth-order valence-corrected chi connectivity index (χ4v) is 2.34. The maximum Gasteiger partial charge on any atom is 0.288 e. The normalized spacial score (nSPS) is 13.1. The molecular formula is C11H17N5O3S. The number of nitrogens with zero attached hydrogens (tertiary/aromatic N) is 4. The predicted molar refractivity (Wildman–Crippen MR) is 79.6 cm³/mol. The number of hydrogen-bond donors (Lipinski definition) is 2. The summed E-state index contributed by atoms with van der Waals surface area (Å²) in [6.45, 7) is 2.00. The highest BCUT2D eigenvalue weighted by atomic mass is 32.2. The van der Waals surface area contributed by atoms with Crippen LogP contribution < -0.4 is 10.6 Å². The van der Waals surface area contributed by atoms with Crippen LogP contribution in [0, 0.1) is 10.1 Å². The monoisotopic (exact) mass is 299 g/mol. The Bertz CT molecular complexity index is 523. The Morgan fingerprint density at radius 2 is 2.40 bits per heavy atom. The molecule has 0 aromatic carbocycles. The smallest absolute Gasteiger partial charge is 0.288 e. The van der Waals surface area contributed by atoms with Crippen molar-refractivity contribution in [1.82, 2.24) is 4.98 Å². The molecule has 0 bridgehead atoms. The number of pyridine rings is 1. The number of thioether (sulfide) groups is 1. The Balaban J connectivity index is 3.28. The highest BCUT2D eigenvalue weighted by Crippen LogP contribution is 2.23. The number of oxime groups is 1. The van der Waals surface area contributed by atoms with Gasteiger partial charge in [-0.3, -0.25) is 10.1 Å². The molecular weight excluding hydrogens is 282 g/mol. The van der Waals surface area contributed by atoms with Crippen molar-refractivity contribution in [1.29, 1.82) is 0 Å². The quantitative estimate of drug-likeness (QED) is 0.267. The van der Waals surface area contributed by atoms with Crippen LogP contribution in [0.1, 0.15) is 12.5 Å². The zero-order chi connectivity index (χ0) is 15.3. The van der Waals surface area contributed by atoms with Crippen molar-refractivity contribution in [3.8, 4) is 0 Å². The Labute approximate surface area is 120 Å². The van der Waals surface area contributed by atoms with Crippen molar-refractivity contribution in [3.05, 3.63) is 27.9 Å². The van der Waals surface area contributed by atoms with Crippen LogP contribution >= 0.6 is 11.8 Å². The van der Waals surface area contributed by atoms with Gasteiger partial charge in [0.1, 0.15) is 12.0 Å². The summed E-state index contributed by atoms with van der Waals surface area (Å²) >= 11 is 1.67. The van der Waals surface area contributed by atoms with E-state index in [1.165, 1.54) is 6.07 Å². The first-order valence-corrected chi connectivity index (χ1v) is 7.15. The van der Waals surface area contributed by atoms with Crippen LogP contribution in [0.4, 0.5) is 11.5 Å². The van der Waals surface area contributed by atoms with Gasteiger partial charge in [-0.2, -0.15) is 11.8 Å². The molecule has 0 fully saturated rings. The van der Waals surface area contributed by atoms with Crippen LogP contribution in [-0.4, -0.2) is 46.0 Å². The molecule has 20 heavy (non-hydrogen) atoms. The molecule has 1 unspecified atom stereocenters. The van der Waals surface area contributed by atoms with E-state index < -0.39 is 4.92 Å². The van der Waals surface area contributed by atoms with Crippen molar-refractivity contribution in [2.45, 2.75) is 13.0 Å². The molecule has 1 atom stereocenters. The minimum atomic E-state index is -0.573. The first-order valence-electron chi connectivity index (χ1n) is 5.76. The molecule has 8 nitrogen and oxygen atoms in total. The van der Waals surface area contributed by atoms with E-state index >= 15 is 0 Å². The van der Waals surface area contributed by atoms with Crippen LogP contribution in [0.5, 0.6) is 0 Å². The zero-order valence-corrected chi connectivity index (χ0v) is 12.3. The van der Waals surface area contributed by atoms with Crippen LogP contribution in [0.15, 0.2) is 17.4 Å². The molecule has 0 aliphatic heterocycles. The first kappa shape index (κ1) is 16.0. The summed E-state index contributed by atoms with van der Waals surface area (Å²) in [6, 6.07) is 1.39. The van der Waals surface area contributed by atoms with E-state index in [1.807, 2.05) is 25.1 Å². The number of nitrogens with two attached hydrogens (primary N) is 1. The van der Waals surface area contributed by atoms with Crippen molar-refractivity contribution in [2.24, 2.45) is 10.9 Å². The number of nitro groups is 1. The SMILES string of the molecule is CSCC(C)N(C)c1ncc([N+](=O)[O-])cc1C(N)=NO.